The minimum atomic E-state index is -0.448. The van der Waals surface area contributed by atoms with Crippen LogP contribution in [0.5, 0.6) is 0 Å². The van der Waals surface area contributed by atoms with Crippen LogP contribution in [-0.4, -0.2) is 47.3 Å². The highest BCUT2D eigenvalue weighted by Gasteiger charge is 2.30. The fourth-order valence-corrected chi connectivity index (χ4v) is 2.42. The second-order valence-corrected chi connectivity index (χ2v) is 6.66. The Bertz CT molecular complexity index is 493. The van der Waals surface area contributed by atoms with Crippen LogP contribution in [0.1, 0.15) is 33.3 Å². The molecule has 1 amide bonds. The summed E-state index contributed by atoms with van der Waals surface area (Å²) in [5, 5.41) is 0. The summed E-state index contributed by atoms with van der Waals surface area (Å²) in [5.74, 6) is 0.969. The fourth-order valence-electron chi connectivity index (χ4n) is 2.42. The van der Waals surface area contributed by atoms with Crippen LogP contribution in [0.4, 0.5) is 10.6 Å². The molecule has 0 aliphatic carbocycles. The second-order valence-electron chi connectivity index (χ2n) is 6.66. The zero-order chi connectivity index (χ0) is 15.6. The lowest BCUT2D eigenvalue weighted by molar-refractivity contribution is 0.0218. The van der Waals surface area contributed by atoms with E-state index in [-0.39, 0.29) is 12.1 Å². The fraction of sp³-hybridized carbons (Fsp3) is 0.625. The van der Waals surface area contributed by atoms with Crippen molar-refractivity contribution in [3.8, 4) is 0 Å². The largest absolute Gasteiger partial charge is 0.444 e. The quantitative estimate of drug-likeness (QED) is 0.798. The molecule has 1 atom stereocenters. The van der Waals surface area contributed by atoms with Gasteiger partial charge in [0.15, 0.2) is 0 Å². The van der Waals surface area contributed by atoms with Gasteiger partial charge < -0.3 is 14.5 Å². The van der Waals surface area contributed by atoms with Crippen molar-refractivity contribution >= 4 is 11.9 Å². The summed E-state index contributed by atoms with van der Waals surface area (Å²) in [6, 6.07) is 4.33. The van der Waals surface area contributed by atoms with Crippen LogP contribution in [0.3, 0.4) is 0 Å². The Morgan fingerprint density at radius 3 is 2.57 bits per heavy atom. The van der Waals surface area contributed by atoms with Crippen LogP contribution in [0.25, 0.3) is 0 Å². The lowest BCUT2D eigenvalue weighted by Gasteiger charge is -2.40. The van der Waals surface area contributed by atoms with E-state index in [1.807, 2.05) is 40.0 Å². The van der Waals surface area contributed by atoms with Gasteiger partial charge in [-0.25, -0.2) is 9.78 Å². The van der Waals surface area contributed by atoms with E-state index in [1.54, 1.807) is 4.90 Å². The smallest absolute Gasteiger partial charge is 0.410 e. The van der Waals surface area contributed by atoms with E-state index >= 15 is 0 Å². The van der Waals surface area contributed by atoms with Crippen LogP contribution in [0.15, 0.2) is 18.3 Å². The van der Waals surface area contributed by atoms with E-state index in [4.69, 9.17) is 4.74 Å². The standard InChI is InChI=1S/C16H25N3O2/c1-12-6-7-14(17-10-12)19-9-8-18(11-13(19)2)15(20)21-16(3,4)5/h6-7,10,13H,8-9,11H2,1-5H3/t13-/m0/s1. The van der Waals surface area contributed by atoms with Gasteiger partial charge in [-0.05, 0) is 46.2 Å². The van der Waals surface area contributed by atoms with E-state index < -0.39 is 5.60 Å². The van der Waals surface area contributed by atoms with Crippen molar-refractivity contribution in [1.29, 1.82) is 0 Å². The van der Waals surface area contributed by atoms with Crippen molar-refractivity contribution in [3.05, 3.63) is 23.9 Å². The molecular formula is C16H25N3O2. The van der Waals surface area contributed by atoms with Crippen LogP contribution in [0, 0.1) is 6.92 Å². The predicted octanol–water partition coefficient (Wildman–Crippen LogP) is 2.84. The van der Waals surface area contributed by atoms with E-state index in [9.17, 15) is 4.79 Å². The molecule has 5 nitrogen and oxygen atoms in total. The predicted molar refractivity (Wildman–Crippen MR) is 83.6 cm³/mol. The van der Waals surface area contributed by atoms with Gasteiger partial charge in [-0.1, -0.05) is 6.07 Å². The molecule has 1 saturated heterocycles. The average Bonchev–Trinajstić information content (AvgIpc) is 2.38. The highest BCUT2D eigenvalue weighted by Crippen LogP contribution is 2.20. The number of amides is 1. The van der Waals surface area contributed by atoms with Gasteiger partial charge in [0.25, 0.3) is 0 Å². The van der Waals surface area contributed by atoms with Crippen LogP contribution >= 0.6 is 0 Å². The monoisotopic (exact) mass is 291 g/mol. The topological polar surface area (TPSA) is 45.7 Å². The zero-order valence-electron chi connectivity index (χ0n) is 13.6. The third-order valence-electron chi connectivity index (χ3n) is 3.47. The van der Waals surface area contributed by atoms with Crippen molar-refractivity contribution < 1.29 is 9.53 Å². The van der Waals surface area contributed by atoms with E-state index in [1.165, 1.54) is 0 Å². The highest BCUT2D eigenvalue weighted by atomic mass is 16.6. The molecule has 116 valence electrons. The molecule has 0 aromatic carbocycles. The number of hydrogen-bond donors (Lipinski definition) is 0. The summed E-state index contributed by atoms with van der Waals surface area (Å²) >= 11 is 0. The zero-order valence-corrected chi connectivity index (χ0v) is 13.6. The summed E-state index contributed by atoms with van der Waals surface area (Å²) in [4.78, 5) is 20.6. The number of aryl methyl sites for hydroxylation is 1. The van der Waals surface area contributed by atoms with Gasteiger partial charge in [0.05, 0.1) is 0 Å². The molecule has 0 N–H and O–H groups in total. The molecule has 0 saturated carbocycles. The summed E-state index contributed by atoms with van der Waals surface area (Å²) < 4.78 is 5.44. The van der Waals surface area contributed by atoms with Crippen molar-refractivity contribution in [2.75, 3.05) is 24.5 Å². The number of pyridine rings is 1. The average molecular weight is 291 g/mol. The van der Waals surface area contributed by atoms with Crippen molar-refractivity contribution in [2.24, 2.45) is 0 Å². The van der Waals surface area contributed by atoms with Gasteiger partial charge >= 0.3 is 6.09 Å². The molecule has 1 fully saturated rings. The molecular weight excluding hydrogens is 266 g/mol. The number of piperazine rings is 1. The Morgan fingerprint density at radius 1 is 1.33 bits per heavy atom. The second kappa shape index (κ2) is 5.92. The SMILES string of the molecule is Cc1ccc(N2CCN(C(=O)OC(C)(C)C)C[C@@H]2C)nc1. The number of nitrogens with zero attached hydrogens (tertiary/aromatic N) is 3. The molecule has 0 spiro atoms. The molecule has 21 heavy (non-hydrogen) atoms. The summed E-state index contributed by atoms with van der Waals surface area (Å²) in [6.07, 6.45) is 1.65. The Morgan fingerprint density at radius 2 is 2.05 bits per heavy atom. The normalized spacial score (nSPS) is 19.6. The number of ether oxygens (including phenoxy) is 1. The summed E-state index contributed by atoms with van der Waals surface area (Å²) in [5.41, 5.74) is 0.703. The van der Waals surface area contributed by atoms with Crippen LogP contribution < -0.4 is 4.90 Å². The maximum absolute atomic E-state index is 12.1. The highest BCUT2D eigenvalue weighted by molar-refractivity contribution is 5.68. The Hall–Kier alpha value is -1.78. The Labute approximate surface area is 126 Å². The Balaban J connectivity index is 1.99. The maximum Gasteiger partial charge on any atom is 0.410 e. The van der Waals surface area contributed by atoms with Crippen molar-refractivity contribution in [2.45, 2.75) is 46.3 Å². The molecule has 1 aromatic rings. The lowest BCUT2D eigenvalue weighted by atomic mass is 10.2. The minimum absolute atomic E-state index is 0.224. The molecule has 0 bridgehead atoms. The van der Waals surface area contributed by atoms with Gasteiger partial charge in [-0.3, -0.25) is 0 Å². The first-order valence-corrected chi connectivity index (χ1v) is 7.43. The number of rotatable bonds is 1. The van der Waals surface area contributed by atoms with Gasteiger partial charge in [-0.2, -0.15) is 0 Å². The molecule has 5 heteroatoms. The van der Waals surface area contributed by atoms with E-state index in [0.29, 0.717) is 13.1 Å². The van der Waals surface area contributed by atoms with Gasteiger partial charge in [0.1, 0.15) is 11.4 Å². The van der Waals surface area contributed by atoms with Gasteiger partial charge in [-0.15, -0.1) is 0 Å². The number of anilines is 1. The van der Waals surface area contributed by atoms with Gasteiger partial charge in [0.2, 0.25) is 0 Å². The van der Waals surface area contributed by atoms with Crippen LogP contribution in [0.2, 0.25) is 0 Å². The van der Waals surface area contributed by atoms with Crippen LogP contribution in [-0.2, 0) is 4.74 Å². The maximum atomic E-state index is 12.1. The number of carbonyl (C=O) groups is 1. The van der Waals surface area contributed by atoms with Gasteiger partial charge in [0, 0.05) is 31.9 Å². The first-order valence-electron chi connectivity index (χ1n) is 7.43. The Kier molecular flexibility index (Phi) is 4.40. The summed E-state index contributed by atoms with van der Waals surface area (Å²) in [7, 11) is 0. The molecule has 0 unspecified atom stereocenters. The third kappa shape index (κ3) is 4.09. The number of carbonyl (C=O) groups excluding carboxylic acids is 1. The molecule has 2 heterocycles. The minimum Gasteiger partial charge on any atom is -0.444 e. The first kappa shape index (κ1) is 15.6. The van der Waals surface area contributed by atoms with Crippen molar-refractivity contribution in [3.63, 3.8) is 0 Å². The number of aromatic nitrogens is 1. The molecule has 1 aliphatic rings. The molecule has 0 radical (unpaired) electrons. The van der Waals surface area contributed by atoms with Crippen molar-refractivity contribution in [1.82, 2.24) is 9.88 Å². The first-order chi connectivity index (χ1) is 9.76. The third-order valence-corrected chi connectivity index (χ3v) is 3.47. The lowest BCUT2D eigenvalue weighted by Crippen LogP contribution is -2.54. The molecule has 2 rings (SSSR count). The van der Waals surface area contributed by atoms with E-state index in [0.717, 1.165) is 17.9 Å². The summed E-state index contributed by atoms with van der Waals surface area (Å²) in [6.45, 7) is 11.9. The molecule has 1 aliphatic heterocycles. The van der Waals surface area contributed by atoms with E-state index in [2.05, 4.69) is 22.9 Å². The number of hydrogen-bond acceptors (Lipinski definition) is 4. The molecule has 1 aromatic heterocycles.